The van der Waals surface area contributed by atoms with Crippen molar-refractivity contribution in [1.82, 2.24) is 14.8 Å². The third kappa shape index (κ3) is 2.49. The molecule has 4 nitrogen and oxygen atoms in total. The molecule has 3 aromatic rings. The Labute approximate surface area is 124 Å². The second-order valence-electron chi connectivity index (χ2n) is 5.57. The minimum absolute atomic E-state index is 0.416. The highest BCUT2D eigenvalue weighted by Gasteiger charge is 2.11. The smallest absolute Gasteiger partial charge is 0.154 e. The lowest BCUT2D eigenvalue weighted by Gasteiger charge is -2.13. The number of benzene rings is 1. The first kappa shape index (κ1) is 13.6. The van der Waals surface area contributed by atoms with Crippen LogP contribution >= 0.6 is 0 Å². The molecule has 0 unspecified atom stereocenters. The molecule has 1 aromatic carbocycles. The van der Waals surface area contributed by atoms with Crippen molar-refractivity contribution < 1.29 is 4.74 Å². The highest BCUT2D eigenvalue weighted by molar-refractivity contribution is 5.85. The molecule has 0 aliphatic carbocycles. The number of methoxy groups -OCH3 is 1. The number of rotatable bonds is 3. The molecule has 3 rings (SSSR count). The first-order valence-corrected chi connectivity index (χ1v) is 7.09. The predicted octanol–water partition coefficient (Wildman–Crippen LogP) is 3.86. The van der Waals surface area contributed by atoms with E-state index in [-0.39, 0.29) is 0 Å². The summed E-state index contributed by atoms with van der Waals surface area (Å²) in [6.45, 7) is 6.41. The van der Waals surface area contributed by atoms with Crippen LogP contribution in [0.2, 0.25) is 0 Å². The van der Waals surface area contributed by atoms with Gasteiger partial charge in [-0.3, -0.25) is 0 Å². The van der Waals surface area contributed by atoms with Crippen LogP contribution in [0, 0.1) is 6.92 Å². The topological polar surface area (TPSA) is 39.9 Å². The first-order valence-electron chi connectivity index (χ1n) is 7.09. The normalized spacial score (nSPS) is 11.3. The van der Waals surface area contributed by atoms with Crippen molar-refractivity contribution in [3.8, 4) is 11.6 Å². The molecule has 2 aromatic heterocycles. The van der Waals surface area contributed by atoms with Gasteiger partial charge in [0.15, 0.2) is 5.82 Å². The zero-order valence-corrected chi connectivity index (χ0v) is 12.8. The van der Waals surface area contributed by atoms with Crippen molar-refractivity contribution in [2.75, 3.05) is 7.11 Å². The van der Waals surface area contributed by atoms with Crippen LogP contribution in [0.1, 0.15) is 30.9 Å². The van der Waals surface area contributed by atoms with Crippen molar-refractivity contribution in [3.05, 3.63) is 47.8 Å². The van der Waals surface area contributed by atoms with Crippen LogP contribution in [0.4, 0.5) is 0 Å². The van der Waals surface area contributed by atoms with E-state index in [1.54, 1.807) is 7.11 Å². The number of pyridine rings is 1. The van der Waals surface area contributed by atoms with Crippen LogP contribution in [-0.4, -0.2) is 21.9 Å². The molecule has 0 amide bonds. The van der Waals surface area contributed by atoms with Crippen molar-refractivity contribution in [2.45, 2.75) is 26.7 Å². The second kappa shape index (κ2) is 5.20. The van der Waals surface area contributed by atoms with E-state index in [1.165, 1.54) is 10.9 Å². The molecule has 4 heteroatoms. The maximum atomic E-state index is 5.31. The monoisotopic (exact) mass is 281 g/mol. The van der Waals surface area contributed by atoms with E-state index in [0.29, 0.717) is 5.92 Å². The number of hydrogen-bond acceptors (Lipinski definition) is 3. The molecule has 21 heavy (non-hydrogen) atoms. The van der Waals surface area contributed by atoms with Crippen molar-refractivity contribution in [2.24, 2.45) is 0 Å². The van der Waals surface area contributed by atoms with Crippen molar-refractivity contribution in [3.63, 3.8) is 0 Å². The zero-order valence-electron chi connectivity index (χ0n) is 12.8. The Balaban J connectivity index is 2.26. The predicted molar refractivity (Wildman–Crippen MR) is 84.2 cm³/mol. The van der Waals surface area contributed by atoms with Crippen LogP contribution < -0.4 is 4.74 Å². The molecule has 0 N–H and O–H groups in total. The Bertz CT molecular complexity index is 790. The lowest BCUT2D eigenvalue weighted by atomic mass is 9.98. The molecule has 0 spiro atoms. The van der Waals surface area contributed by atoms with Gasteiger partial charge in [-0.05, 0) is 42.2 Å². The third-order valence-electron chi connectivity index (χ3n) is 3.60. The van der Waals surface area contributed by atoms with Crippen LogP contribution in [0.25, 0.3) is 16.7 Å². The molecule has 0 atom stereocenters. The van der Waals surface area contributed by atoms with Gasteiger partial charge in [0.2, 0.25) is 0 Å². The van der Waals surface area contributed by atoms with Crippen LogP contribution in [0.15, 0.2) is 36.7 Å². The Morgan fingerprint density at radius 2 is 2.00 bits per heavy atom. The number of aryl methyl sites for hydroxylation is 1. The van der Waals surface area contributed by atoms with E-state index >= 15 is 0 Å². The lowest BCUT2D eigenvalue weighted by Crippen LogP contribution is -2.02. The Hall–Kier alpha value is -2.36. The molecule has 0 saturated carbocycles. The Morgan fingerprint density at radius 3 is 2.62 bits per heavy atom. The van der Waals surface area contributed by atoms with E-state index in [4.69, 9.17) is 9.72 Å². The number of fused-ring (bicyclic) bond motifs is 1. The fraction of sp³-hybridized carbons (Fsp3) is 0.294. The molecule has 0 radical (unpaired) electrons. The average Bonchev–Trinajstić information content (AvgIpc) is 2.91. The SMILES string of the molecule is COc1ccc2c(C(C)C)cc(-n3cc(C)cn3)nc2c1. The van der Waals surface area contributed by atoms with Gasteiger partial charge in [0.25, 0.3) is 0 Å². The summed E-state index contributed by atoms with van der Waals surface area (Å²) >= 11 is 0. The molecular weight excluding hydrogens is 262 g/mol. The Morgan fingerprint density at radius 1 is 1.19 bits per heavy atom. The lowest BCUT2D eigenvalue weighted by molar-refractivity contribution is 0.415. The number of hydrogen-bond donors (Lipinski definition) is 0. The number of aromatic nitrogens is 3. The molecule has 0 fully saturated rings. The molecule has 0 bridgehead atoms. The van der Waals surface area contributed by atoms with Crippen LogP contribution in [0.5, 0.6) is 5.75 Å². The van der Waals surface area contributed by atoms with Gasteiger partial charge >= 0.3 is 0 Å². The van der Waals surface area contributed by atoms with Gasteiger partial charge in [0.05, 0.1) is 18.8 Å². The fourth-order valence-electron chi connectivity index (χ4n) is 2.48. The number of ether oxygens (including phenoxy) is 1. The zero-order chi connectivity index (χ0) is 15.0. The molecular formula is C17H19N3O. The average molecular weight is 281 g/mol. The van der Waals surface area contributed by atoms with Crippen molar-refractivity contribution in [1.29, 1.82) is 0 Å². The maximum Gasteiger partial charge on any atom is 0.154 e. The van der Waals surface area contributed by atoms with E-state index in [9.17, 15) is 0 Å². The summed E-state index contributed by atoms with van der Waals surface area (Å²) in [5.74, 6) is 2.07. The summed E-state index contributed by atoms with van der Waals surface area (Å²) in [4.78, 5) is 4.73. The summed E-state index contributed by atoms with van der Waals surface area (Å²) in [5.41, 5.74) is 3.32. The van der Waals surface area contributed by atoms with E-state index in [2.05, 4.69) is 31.1 Å². The molecule has 108 valence electrons. The quantitative estimate of drug-likeness (QED) is 0.732. The highest BCUT2D eigenvalue weighted by Crippen LogP contribution is 2.29. The van der Waals surface area contributed by atoms with Gasteiger partial charge in [-0.25, -0.2) is 9.67 Å². The minimum Gasteiger partial charge on any atom is -0.497 e. The summed E-state index contributed by atoms with van der Waals surface area (Å²) in [6.07, 6.45) is 3.82. The van der Waals surface area contributed by atoms with Gasteiger partial charge in [0, 0.05) is 17.6 Å². The van der Waals surface area contributed by atoms with Crippen LogP contribution in [-0.2, 0) is 0 Å². The van der Waals surface area contributed by atoms with Crippen molar-refractivity contribution >= 4 is 10.9 Å². The van der Waals surface area contributed by atoms with E-state index in [1.807, 2.05) is 36.1 Å². The molecule has 0 aliphatic rings. The van der Waals surface area contributed by atoms with Gasteiger partial charge < -0.3 is 4.74 Å². The van der Waals surface area contributed by atoms with Gasteiger partial charge in [-0.15, -0.1) is 0 Å². The van der Waals surface area contributed by atoms with E-state index in [0.717, 1.165) is 22.6 Å². The van der Waals surface area contributed by atoms with E-state index < -0.39 is 0 Å². The maximum absolute atomic E-state index is 5.31. The second-order valence-corrected chi connectivity index (χ2v) is 5.57. The third-order valence-corrected chi connectivity index (χ3v) is 3.60. The summed E-state index contributed by atoms with van der Waals surface area (Å²) in [7, 11) is 1.67. The van der Waals surface area contributed by atoms with Crippen LogP contribution in [0.3, 0.4) is 0 Å². The number of nitrogens with zero attached hydrogens (tertiary/aromatic N) is 3. The van der Waals surface area contributed by atoms with Gasteiger partial charge in [0.1, 0.15) is 5.75 Å². The summed E-state index contributed by atoms with van der Waals surface area (Å²) < 4.78 is 7.13. The molecule has 2 heterocycles. The molecule has 0 saturated heterocycles. The van der Waals surface area contributed by atoms with Gasteiger partial charge in [-0.1, -0.05) is 13.8 Å². The Kier molecular flexibility index (Phi) is 3.37. The minimum atomic E-state index is 0.416. The standard InChI is InChI=1S/C17H19N3O/c1-11(2)15-8-17(20-10-12(3)9-18-20)19-16-7-13(21-4)5-6-14(15)16/h5-11H,1-4H3. The first-order chi connectivity index (χ1) is 10.1. The fourth-order valence-corrected chi connectivity index (χ4v) is 2.48. The summed E-state index contributed by atoms with van der Waals surface area (Å²) in [6, 6.07) is 8.15. The largest absolute Gasteiger partial charge is 0.497 e. The summed E-state index contributed by atoms with van der Waals surface area (Å²) in [5, 5.41) is 5.52. The van der Waals surface area contributed by atoms with Gasteiger partial charge in [-0.2, -0.15) is 5.10 Å². The molecule has 0 aliphatic heterocycles. The highest BCUT2D eigenvalue weighted by atomic mass is 16.5.